The van der Waals surface area contributed by atoms with E-state index in [-0.39, 0.29) is 24.0 Å². The highest BCUT2D eigenvalue weighted by Crippen LogP contribution is 2.14. The Hall–Kier alpha value is -1.69. The lowest BCUT2D eigenvalue weighted by Crippen LogP contribution is -2.38. The standard InChI is InChI=1S/C21H32N6O2S.HI/c1-3-22-21(23-14-12-17-8-10-18(11-9-17)30(2,28)29)24-15-13-20-26-25-19-7-5-4-6-16-27(19)20;/h8-11H,3-7,12-16H2,1-2H3,(H2,22,23,24);1H. The maximum absolute atomic E-state index is 11.6. The van der Waals surface area contributed by atoms with Gasteiger partial charge < -0.3 is 15.2 Å². The third kappa shape index (κ3) is 7.74. The van der Waals surface area contributed by atoms with Gasteiger partial charge in [0.1, 0.15) is 11.6 Å². The van der Waals surface area contributed by atoms with Gasteiger partial charge in [0, 0.05) is 45.3 Å². The van der Waals surface area contributed by atoms with Crippen LogP contribution in [0.1, 0.15) is 43.4 Å². The van der Waals surface area contributed by atoms with Crippen molar-refractivity contribution >= 4 is 39.8 Å². The van der Waals surface area contributed by atoms with Gasteiger partial charge in [0.05, 0.1) is 4.90 Å². The first-order valence-electron chi connectivity index (χ1n) is 10.7. The van der Waals surface area contributed by atoms with Crippen molar-refractivity contribution in [1.82, 2.24) is 25.4 Å². The molecule has 2 heterocycles. The summed E-state index contributed by atoms with van der Waals surface area (Å²) in [4.78, 5) is 5.02. The number of aryl methyl sites for hydroxylation is 1. The number of nitrogens with one attached hydrogen (secondary N) is 2. The molecule has 2 aromatic rings. The predicted molar refractivity (Wildman–Crippen MR) is 134 cm³/mol. The van der Waals surface area contributed by atoms with Crippen molar-refractivity contribution in [2.45, 2.75) is 56.9 Å². The minimum atomic E-state index is -3.15. The molecule has 0 spiro atoms. The van der Waals surface area contributed by atoms with Gasteiger partial charge in [-0.15, -0.1) is 34.2 Å². The Morgan fingerprint density at radius 1 is 1.10 bits per heavy atom. The van der Waals surface area contributed by atoms with Gasteiger partial charge in [0.15, 0.2) is 15.8 Å². The molecule has 0 saturated heterocycles. The fraction of sp³-hybridized carbons (Fsp3) is 0.571. The molecule has 0 radical (unpaired) electrons. The molecule has 0 fully saturated rings. The Morgan fingerprint density at radius 3 is 2.58 bits per heavy atom. The highest BCUT2D eigenvalue weighted by atomic mass is 127. The lowest BCUT2D eigenvalue weighted by Gasteiger charge is -2.12. The molecule has 1 aliphatic rings. The first-order valence-corrected chi connectivity index (χ1v) is 12.6. The molecule has 0 aliphatic carbocycles. The summed E-state index contributed by atoms with van der Waals surface area (Å²) in [6.07, 6.45) is 7.44. The second-order valence-corrected chi connectivity index (χ2v) is 9.61. The van der Waals surface area contributed by atoms with Crippen LogP contribution in [0.3, 0.4) is 0 Å². The maximum atomic E-state index is 11.6. The summed E-state index contributed by atoms with van der Waals surface area (Å²) in [5.41, 5.74) is 1.08. The number of rotatable bonds is 8. The molecule has 2 N–H and O–H groups in total. The normalized spacial score (nSPS) is 14.3. The number of fused-ring (bicyclic) bond motifs is 1. The van der Waals surface area contributed by atoms with E-state index in [0.717, 1.165) is 55.5 Å². The Morgan fingerprint density at radius 2 is 1.87 bits per heavy atom. The molecule has 1 aliphatic heterocycles. The van der Waals surface area contributed by atoms with Gasteiger partial charge in [-0.05, 0) is 43.9 Å². The molecule has 0 saturated carbocycles. The van der Waals surface area contributed by atoms with E-state index < -0.39 is 9.84 Å². The average molecular weight is 561 g/mol. The van der Waals surface area contributed by atoms with E-state index in [1.807, 2.05) is 19.1 Å². The zero-order chi connectivity index (χ0) is 21.4. The monoisotopic (exact) mass is 560 g/mol. The van der Waals surface area contributed by atoms with Gasteiger partial charge in [-0.1, -0.05) is 18.6 Å². The summed E-state index contributed by atoms with van der Waals surface area (Å²) in [6, 6.07) is 7.04. The van der Waals surface area contributed by atoms with E-state index in [1.54, 1.807) is 12.1 Å². The number of aliphatic imine (C=N–C) groups is 1. The molecule has 10 heteroatoms. The second kappa shape index (κ2) is 12.4. The van der Waals surface area contributed by atoms with Crippen LogP contribution >= 0.6 is 24.0 Å². The zero-order valence-corrected chi connectivity index (χ0v) is 21.4. The molecule has 172 valence electrons. The summed E-state index contributed by atoms with van der Waals surface area (Å²) in [7, 11) is -3.15. The summed E-state index contributed by atoms with van der Waals surface area (Å²) in [5, 5.41) is 15.3. The first kappa shape index (κ1) is 25.6. The molecule has 1 aromatic carbocycles. The number of benzene rings is 1. The Kier molecular flexibility index (Phi) is 10.2. The van der Waals surface area contributed by atoms with Crippen molar-refractivity contribution in [2.24, 2.45) is 4.99 Å². The Bertz CT molecular complexity index is 957. The third-order valence-electron chi connectivity index (χ3n) is 5.19. The molecule has 0 bridgehead atoms. The fourth-order valence-corrected chi connectivity index (χ4v) is 4.20. The van der Waals surface area contributed by atoms with Gasteiger partial charge in [-0.25, -0.2) is 8.42 Å². The minimum absolute atomic E-state index is 0. The van der Waals surface area contributed by atoms with E-state index >= 15 is 0 Å². The van der Waals surface area contributed by atoms with Crippen LogP contribution in [0.5, 0.6) is 0 Å². The van der Waals surface area contributed by atoms with Gasteiger partial charge >= 0.3 is 0 Å². The van der Waals surface area contributed by atoms with Crippen molar-refractivity contribution in [3.05, 3.63) is 41.5 Å². The topological polar surface area (TPSA) is 101 Å². The smallest absolute Gasteiger partial charge is 0.191 e. The molecule has 31 heavy (non-hydrogen) atoms. The van der Waals surface area contributed by atoms with E-state index in [1.165, 1.54) is 25.5 Å². The van der Waals surface area contributed by atoms with Crippen LogP contribution < -0.4 is 10.6 Å². The fourth-order valence-electron chi connectivity index (χ4n) is 3.57. The summed E-state index contributed by atoms with van der Waals surface area (Å²) >= 11 is 0. The number of hydrogen-bond acceptors (Lipinski definition) is 5. The van der Waals surface area contributed by atoms with Crippen molar-refractivity contribution < 1.29 is 8.42 Å². The number of guanidine groups is 1. The Balaban J connectivity index is 0.00000341. The van der Waals surface area contributed by atoms with Crippen LogP contribution in [-0.4, -0.2) is 55.0 Å². The molecule has 0 unspecified atom stereocenters. The lowest BCUT2D eigenvalue weighted by molar-refractivity contribution is 0.602. The van der Waals surface area contributed by atoms with Crippen LogP contribution in [0.25, 0.3) is 0 Å². The van der Waals surface area contributed by atoms with Crippen molar-refractivity contribution in [1.29, 1.82) is 0 Å². The Labute approximate surface area is 202 Å². The predicted octanol–water partition coefficient (Wildman–Crippen LogP) is 2.37. The highest BCUT2D eigenvalue weighted by Gasteiger charge is 2.14. The van der Waals surface area contributed by atoms with E-state index in [9.17, 15) is 8.42 Å². The van der Waals surface area contributed by atoms with Gasteiger partial charge in [0.25, 0.3) is 0 Å². The van der Waals surface area contributed by atoms with Crippen molar-refractivity contribution in [3.8, 4) is 0 Å². The average Bonchev–Trinajstić information content (AvgIpc) is 2.94. The lowest BCUT2D eigenvalue weighted by atomic mass is 10.1. The molecule has 0 amide bonds. The zero-order valence-electron chi connectivity index (χ0n) is 18.3. The van der Waals surface area contributed by atoms with Gasteiger partial charge in [-0.2, -0.15) is 0 Å². The first-order chi connectivity index (χ1) is 14.5. The number of aromatic nitrogens is 3. The SMILES string of the molecule is CCNC(=NCCc1nnc2n1CCCCC2)NCCc1ccc(S(C)(=O)=O)cc1.I. The van der Waals surface area contributed by atoms with Crippen LogP contribution in [0, 0.1) is 0 Å². The van der Waals surface area contributed by atoms with Crippen molar-refractivity contribution in [3.63, 3.8) is 0 Å². The van der Waals surface area contributed by atoms with Crippen LogP contribution in [0.15, 0.2) is 34.2 Å². The minimum Gasteiger partial charge on any atom is -0.357 e. The largest absolute Gasteiger partial charge is 0.357 e. The second-order valence-electron chi connectivity index (χ2n) is 7.60. The van der Waals surface area contributed by atoms with Gasteiger partial charge in [0.2, 0.25) is 0 Å². The van der Waals surface area contributed by atoms with E-state index in [2.05, 4.69) is 30.4 Å². The molecule has 3 rings (SSSR count). The quantitative estimate of drug-likeness (QED) is 0.292. The summed E-state index contributed by atoms with van der Waals surface area (Å²) < 4.78 is 25.4. The van der Waals surface area contributed by atoms with Crippen LogP contribution in [0.4, 0.5) is 0 Å². The highest BCUT2D eigenvalue weighted by molar-refractivity contribution is 14.0. The summed E-state index contributed by atoms with van der Waals surface area (Å²) in [5.74, 6) is 2.91. The van der Waals surface area contributed by atoms with Crippen LogP contribution in [-0.2, 0) is 35.6 Å². The number of nitrogens with zero attached hydrogens (tertiary/aromatic N) is 4. The maximum Gasteiger partial charge on any atom is 0.191 e. The van der Waals surface area contributed by atoms with E-state index in [0.29, 0.717) is 18.0 Å². The number of halogens is 1. The number of sulfone groups is 1. The van der Waals surface area contributed by atoms with Crippen LogP contribution in [0.2, 0.25) is 0 Å². The third-order valence-corrected chi connectivity index (χ3v) is 6.32. The van der Waals surface area contributed by atoms with Gasteiger partial charge in [-0.3, -0.25) is 4.99 Å². The number of hydrogen-bond donors (Lipinski definition) is 2. The molecule has 8 nitrogen and oxygen atoms in total. The van der Waals surface area contributed by atoms with E-state index in [4.69, 9.17) is 0 Å². The molecule has 0 atom stereocenters. The molecular weight excluding hydrogens is 527 g/mol. The summed E-state index contributed by atoms with van der Waals surface area (Å²) in [6.45, 7) is 5.20. The molecule has 1 aromatic heterocycles. The molecular formula is C21H33IN6O2S. The van der Waals surface area contributed by atoms with Crippen molar-refractivity contribution in [2.75, 3.05) is 25.9 Å².